The van der Waals surface area contributed by atoms with Gasteiger partial charge in [0.15, 0.2) is 11.5 Å². The van der Waals surface area contributed by atoms with Crippen LogP contribution in [0.15, 0.2) is 18.2 Å². The molecule has 0 aliphatic carbocycles. The Hall–Kier alpha value is -2.24. The van der Waals surface area contributed by atoms with Crippen molar-refractivity contribution in [2.75, 3.05) is 39.4 Å². The van der Waals surface area contributed by atoms with Crippen LogP contribution in [0.5, 0.6) is 11.5 Å². The molecule has 1 aromatic rings. The number of rotatable bonds is 2. The molecule has 2 amide bonds. The average molecular weight is 360 g/mol. The SMILES string of the molecule is CC(C)(C)C(=O)N1CCCN(C(=O)Cc2ccc3c(c2)OCCO3)CC1. The van der Waals surface area contributed by atoms with Crippen LogP contribution in [0.25, 0.3) is 0 Å². The number of nitrogens with zero attached hydrogens (tertiary/aromatic N) is 2. The van der Waals surface area contributed by atoms with Gasteiger partial charge in [0.1, 0.15) is 13.2 Å². The molecule has 2 aliphatic rings. The van der Waals surface area contributed by atoms with Gasteiger partial charge in [0.05, 0.1) is 6.42 Å². The van der Waals surface area contributed by atoms with Crippen molar-refractivity contribution in [2.45, 2.75) is 33.6 Å². The Morgan fingerprint density at radius 3 is 2.35 bits per heavy atom. The normalized spacial score (nSPS) is 17.7. The van der Waals surface area contributed by atoms with Crippen molar-refractivity contribution in [3.05, 3.63) is 23.8 Å². The van der Waals surface area contributed by atoms with E-state index in [0.29, 0.717) is 51.6 Å². The highest BCUT2D eigenvalue weighted by Crippen LogP contribution is 2.31. The van der Waals surface area contributed by atoms with Gasteiger partial charge in [0.25, 0.3) is 0 Å². The van der Waals surface area contributed by atoms with Crippen LogP contribution >= 0.6 is 0 Å². The van der Waals surface area contributed by atoms with Gasteiger partial charge in [-0.05, 0) is 24.1 Å². The van der Waals surface area contributed by atoms with E-state index in [1.54, 1.807) is 0 Å². The van der Waals surface area contributed by atoms with Crippen molar-refractivity contribution in [3.8, 4) is 11.5 Å². The van der Waals surface area contributed by atoms with Gasteiger partial charge in [-0.25, -0.2) is 0 Å². The molecule has 0 unspecified atom stereocenters. The number of hydrogen-bond donors (Lipinski definition) is 0. The van der Waals surface area contributed by atoms with Crippen molar-refractivity contribution >= 4 is 11.8 Å². The van der Waals surface area contributed by atoms with Gasteiger partial charge in [-0.3, -0.25) is 9.59 Å². The Kier molecular flexibility index (Phi) is 5.39. The minimum absolute atomic E-state index is 0.0896. The molecule has 0 saturated carbocycles. The molecule has 0 bridgehead atoms. The van der Waals surface area contributed by atoms with Crippen LogP contribution in [0.1, 0.15) is 32.8 Å². The Morgan fingerprint density at radius 1 is 0.962 bits per heavy atom. The summed E-state index contributed by atoms with van der Waals surface area (Å²) in [6, 6.07) is 5.67. The molecule has 1 saturated heterocycles. The predicted octanol–water partition coefficient (Wildman–Crippen LogP) is 2.11. The molecule has 3 rings (SSSR count). The lowest BCUT2D eigenvalue weighted by molar-refractivity contribution is -0.139. The number of fused-ring (bicyclic) bond motifs is 1. The zero-order chi connectivity index (χ0) is 18.7. The van der Waals surface area contributed by atoms with Gasteiger partial charge in [0, 0.05) is 31.6 Å². The van der Waals surface area contributed by atoms with Crippen LogP contribution < -0.4 is 9.47 Å². The van der Waals surface area contributed by atoms with Gasteiger partial charge in [-0.15, -0.1) is 0 Å². The predicted molar refractivity (Wildman–Crippen MR) is 98.4 cm³/mol. The van der Waals surface area contributed by atoms with Gasteiger partial charge in [0.2, 0.25) is 11.8 Å². The lowest BCUT2D eigenvalue weighted by Gasteiger charge is -2.28. The fraction of sp³-hybridized carbons (Fsp3) is 0.600. The van der Waals surface area contributed by atoms with Crippen LogP contribution in [0.4, 0.5) is 0 Å². The highest BCUT2D eigenvalue weighted by Gasteiger charge is 2.29. The first-order chi connectivity index (χ1) is 12.3. The zero-order valence-corrected chi connectivity index (χ0v) is 15.9. The third-order valence-corrected chi connectivity index (χ3v) is 4.74. The van der Waals surface area contributed by atoms with E-state index in [1.807, 2.05) is 48.8 Å². The number of benzene rings is 1. The maximum Gasteiger partial charge on any atom is 0.228 e. The van der Waals surface area contributed by atoms with E-state index < -0.39 is 0 Å². The summed E-state index contributed by atoms with van der Waals surface area (Å²) >= 11 is 0. The largest absolute Gasteiger partial charge is 0.486 e. The Morgan fingerprint density at radius 2 is 1.62 bits per heavy atom. The van der Waals surface area contributed by atoms with Crippen molar-refractivity contribution in [3.63, 3.8) is 0 Å². The van der Waals surface area contributed by atoms with Crippen LogP contribution in [-0.4, -0.2) is 61.0 Å². The van der Waals surface area contributed by atoms with Gasteiger partial charge in [-0.1, -0.05) is 26.8 Å². The van der Waals surface area contributed by atoms with Crippen molar-refractivity contribution in [1.29, 1.82) is 0 Å². The monoisotopic (exact) mass is 360 g/mol. The molecular formula is C20H28N2O4. The number of hydrogen-bond acceptors (Lipinski definition) is 4. The Balaban J connectivity index is 1.59. The number of carbonyl (C=O) groups excluding carboxylic acids is 2. The quantitative estimate of drug-likeness (QED) is 0.810. The molecular weight excluding hydrogens is 332 g/mol. The summed E-state index contributed by atoms with van der Waals surface area (Å²) in [5.41, 5.74) is 0.538. The smallest absolute Gasteiger partial charge is 0.228 e. The summed E-state index contributed by atoms with van der Waals surface area (Å²) in [4.78, 5) is 28.9. The molecule has 1 fully saturated rings. The van der Waals surface area contributed by atoms with E-state index in [4.69, 9.17) is 9.47 Å². The van der Waals surface area contributed by atoms with Gasteiger partial charge >= 0.3 is 0 Å². The van der Waals surface area contributed by atoms with E-state index >= 15 is 0 Å². The van der Waals surface area contributed by atoms with Crippen molar-refractivity contribution in [1.82, 2.24) is 9.80 Å². The van der Waals surface area contributed by atoms with Gasteiger partial charge < -0.3 is 19.3 Å². The van der Waals surface area contributed by atoms with E-state index in [0.717, 1.165) is 17.7 Å². The Bertz CT molecular complexity index is 681. The second kappa shape index (κ2) is 7.56. The molecule has 0 radical (unpaired) electrons. The molecule has 2 aliphatic heterocycles. The highest BCUT2D eigenvalue weighted by atomic mass is 16.6. The third kappa shape index (κ3) is 4.29. The van der Waals surface area contributed by atoms with Crippen molar-refractivity contribution in [2.24, 2.45) is 5.41 Å². The summed E-state index contributed by atoms with van der Waals surface area (Å²) in [7, 11) is 0. The molecule has 6 heteroatoms. The standard InChI is InChI=1S/C20H28N2O4/c1-20(2,3)19(24)22-8-4-7-21(9-10-22)18(23)14-15-5-6-16-17(13-15)26-12-11-25-16/h5-6,13H,4,7-12,14H2,1-3H3. The molecule has 0 N–H and O–H groups in total. The van der Waals surface area contributed by atoms with E-state index in [2.05, 4.69) is 0 Å². The zero-order valence-electron chi connectivity index (χ0n) is 15.9. The number of ether oxygens (including phenoxy) is 2. The maximum absolute atomic E-state index is 12.7. The van der Waals surface area contributed by atoms with Gasteiger partial charge in [-0.2, -0.15) is 0 Å². The molecule has 2 heterocycles. The number of carbonyl (C=O) groups is 2. The maximum atomic E-state index is 12.7. The van der Waals surface area contributed by atoms with Crippen LogP contribution in [0.2, 0.25) is 0 Å². The Labute approximate surface area is 155 Å². The lowest BCUT2D eigenvalue weighted by Crippen LogP contribution is -2.42. The second-order valence-corrected chi connectivity index (χ2v) is 7.93. The molecule has 0 spiro atoms. The van der Waals surface area contributed by atoms with E-state index in [1.165, 1.54) is 0 Å². The molecule has 1 aromatic carbocycles. The first-order valence-electron chi connectivity index (χ1n) is 9.30. The fourth-order valence-corrected chi connectivity index (χ4v) is 3.33. The fourth-order valence-electron chi connectivity index (χ4n) is 3.33. The van der Waals surface area contributed by atoms with Crippen LogP contribution in [0, 0.1) is 5.41 Å². The lowest BCUT2D eigenvalue weighted by atomic mass is 9.94. The molecule has 142 valence electrons. The second-order valence-electron chi connectivity index (χ2n) is 7.93. The van der Waals surface area contributed by atoms with Crippen LogP contribution in [-0.2, 0) is 16.0 Å². The van der Waals surface area contributed by atoms with Crippen LogP contribution in [0.3, 0.4) is 0 Å². The summed E-state index contributed by atoms with van der Waals surface area (Å²) in [5.74, 6) is 1.68. The van der Waals surface area contributed by atoms with E-state index in [-0.39, 0.29) is 17.2 Å². The summed E-state index contributed by atoms with van der Waals surface area (Å²) in [6.07, 6.45) is 1.15. The molecule has 0 atom stereocenters. The topological polar surface area (TPSA) is 59.1 Å². The van der Waals surface area contributed by atoms with E-state index in [9.17, 15) is 9.59 Å². The summed E-state index contributed by atoms with van der Waals surface area (Å²) in [5, 5.41) is 0. The minimum atomic E-state index is -0.385. The first-order valence-corrected chi connectivity index (χ1v) is 9.30. The third-order valence-electron chi connectivity index (χ3n) is 4.74. The molecule has 0 aromatic heterocycles. The number of amides is 2. The summed E-state index contributed by atoms with van der Waals surface area (Å²) in [6.45, 7) is 9.49. The molecule has 6 nitrogen and oxygen atoms in total. The highest BCUT2D eigenvalue weighted by molar-refractivity contribution is 5.82. The molecule has 26 heavy (non-hydrogen) atoms. The van der Waals surface area contributed by atoms with Crippen molar-refractivity contribution < 1.29 is 19.1 Å². The average Bonchev–Trinajstić information content (AvgIpc) is 2.86. The first kappa shape index (κ1) is 18.5. The minimum Gasteiger partial charge on any atom is -0.486 e. The summed E-state index contributed by atoms with van der Waals surface area (Å²) < 4.78 is 11.1.